The Morgan fingerprint density at radius 2 is 2.17 bits per heavy atom. The number of allylic oxidation sites excluding steroid dienone is 1. The van der Waals surface area contributed by atoms with Crippen LogP contribution in [-0.4, -0.2) is 0 Å². The Labute approximate surface area is 82.4 Å². The van der Waals surface area contributed by atoms with Gasteiger partial charge in [-0.05, 0) is 31.0 Å². The van der Waals surface area contributed by atoms with Gasteiger partial charge in [-0.3, -0.25) is 0 Å². The molecule has 0 amide bonds. The fourth-order valence-electron chi connectivity index (χ4n) is 1.03. The molecule has 1 aromatic rings. The van der Waals surface area contributed by atoms with Crippen LogP contribution in [0.4, 0.5) is 0 Å². The molecule has 1 unspecified atom stereocenters. The van der Waals surface area contributed by atoms with Crippen LogP contribution in [0.15, 0.2) is 35.3 Å². The minimum atomic E-state index is 0.191. The molecule has 0 nitrogen and oxygen atoms in total. The SMILES string of the molecule is [CH2]C(C=C)c1ccc(Br)c(C)c1. The molecule has 0 N–H and O–H groups in total. The largest absolute Gasteiger partial charge is 0.102 e. The molecule has 0 bridgehead atoms. The molecule has 1 atom stereocenters. The summed E-state index contributed by atoms with van der Waals surface area (Å²) in [5.74, 6) is 0.191. The Morgan fingerprint density at radius 1 is 1.50 bits per heavy atom. The van der Waals surface area contributed by atoms with Crippen molar-refractivity contribution in [2.24, 2.45) is 0 Å². The van der Waals surface area contributed by atoms with Gasteiger partial charge < -0.3 is 0 Å². The Bertz CT molecular complexity index is 289. The summed E-state index contributed by atoms with van der Waals surface area (Å²) in [6.07, 6.45) is 1.85. The van der Waals surface area contributed by atoms with Crippen LogP contribution >= 0.6 is 15.9 Å². The van der Waals surface area contributed by atoms with Gasteiger partial charge in [0.15, 0.2) is 0 Å². The molecule has 0 spiro atoms. The van der Waals surface area contributed by atoms with E-state index in [1.807, 2.05) is 12.1 Å². The first kappa shape index (κ1) is 9.53. The van der Waals surface area contributed by atoms with Crippen molar-refractivity contribution in [3.05, 3.63) is 53.4 Å². The molecule has 0 heterocycles. The summed E-state index contributed by atoms with van der Waals surface area (Å²) in [7, 11) is 0. The quantitative estimate of drug-likeness (QED) is 0.669. The second-order valence-corrected chi connectivity index (χ2v) is 3.71. The van der Waals surface area contributed by atoms with Gasteiger partial charge in [0, 0.05) is 10.4 Å². The van der Waals surface area contributed by atoms with Gasteiger partial charge in [-0.25, -0.2) is 0 Å². The smallest absolute Gasteiger partial charge is 0.0204 e. The van der Waals surface area contributed by atoms with E-state index in [0.29, 0.717) is 0 Å². The van der Waals surface area contributed by atoms with Crippen molar-refractivity contribution in [3.8, 4) is 0 Å². The monoisotopic (exact) mass is 223 g/mol. The minimum Gasteiger partial charge on any atom is -0.102 e. The van der Waals surface area contributed by atoms with E-state index in [1.165, 1.54) is 11.1 Å². The van der Waals surface area contributed by atoms with Gasteiger partial charge in [0.05, 0.1) is 0 Å². The van der Waals surface area contributed by atoms with Crippen molar-refractivity contribution in [1.82, 2.24) is 0 Å². The highest BCUT2D eigenvalue weighted by Gasteiger charge is 2.01. The number of aryl methyl sites for hydroxylation is 1. The van der Waals surface area contributed by atoms with E-state index in [0.717, 1.165) is 4.47 Å². The molecule has 12 heavy (non-hydrogen) atoms. The molecule has 1 radical (unpaired) electrons. The van der Waals surface area contributed by atoms with Gasteiger partial charge in [0.2, 0.25) is 0 Å². The highest BCUT2D eigenvalue weighted by atomic mass is 79.9. The summed E-state index contributed by atoms with van der Waals surface area (Å²) in [4.78, 5) is 0. The van der Waals surface area contributed by atoms with Crippen LogP contribution in [0.3, 0.4) is 0 Å². The third-order valence-corrected chi connectivity index (χ3v) is 2.78. The summed E-state index contributed by atoms with van der Waals surface area (Å²) in [5.41, 5.74) is 2.45. The van der Waals surface area contributed by atoms with Crippen molar-refractivity contribution >= 4 is 15.9 Å². The Kier molecular flexibility index (Phi) is 3.10. The molecule has 0 saturated heterocycles. The lowest BCUT2D eigenvalue weighted by atomic mass is 10.00. The molecule has 0 aromatic heterocycles. The molecule has 1 aromatic carbocycles. The minimum absolute atomic E-state index is 0.191. The van der Waals surface area contributed by atoms with Gasteiger partial charge >= 0.3 is 0 Å². The fourth-order valence-corrected chi connectivity index (χ4v) is 1.28. The average Bonchev–Trinajstić information content (AvgIpc) is 2.08. The molecule has 1 heteroatoms. The summed E-state index contributed by atoms with van der Waals surface area (Å²) in [6, 6.07) is 6.24. The molecule has 0 fully saturated rings. The maximum Gasteiger partial charge on any atom is 0.0204 e. The average molecular weight is 224 g/mol. The van der Waals surface area contributed by atoms with E-state index >= 15 is 0 Å². The lowest BCUT2D eigenvalue weighted by Gasteiger charge is -2.07. The van der Waals surface area contributed by atoms with Gasteiger partial charge in [-0.2, -0.15) is 0 Å². The van der Waals surface area contributed by atoms with Crippen molar-refractivity contribution in [1.29, 1.82) is 0 Å². The lowest BCUT2D eigenvalue weighted by molar-refractivity contribution is 1.08. The van der Waals surface area contributed by atoms with Crippen molar-refractivity contribution < 1.29 is 0 Å². The summed E-state index contributed by atoms with van der Waals surface area (Å²) in [5, 5.41) is 0. The van der Waals surface area contributed by atoms with Crippen molar-refractivity contribution in [2.45, 2.75) is 12.8 Å². The Balaban J connectivity index is 3.04. The first-order chi connectivity index (χ1) is 5.65. The molecular weight excluding hydrogens is 212 g/mol. The number of halogens is 1. The summed E-state index contributed by atoms with van der Waals surface area (Å²) < 4.78 is 1.14. The molecule has 1 rings (SSSR count). The van der Waals surface area contributed by atoms with Crippen LogP contribution in [0.1, 0.15) is 17.0 Å². The first-order valence-electron chi connectivity index (χ1n) is 3.87. The molecule has 0 aliphatic carbocycles. The zero-order valence-electron chi connectivity index (χ0n) is 7.18. The lowest BCUT2D eigenvalue weighted by Crippen LogP contribution is -1.89. The predicted molar refractivity (Wildman–Crippen MR) is 57.2 cm³/mol. The van der Waals surface area contributed by atoms with E-state index in [-0.39, 0.29) is 5.92 Å². The van der Waals surface area contributed by atoms with Crippen molar-refractivity contribution in [3.63, 3.8) is 0 Å². The van der Waals surface area contributed by atoms with E-state index in [4.69, 9.17) is 0 Å². The zero-order chi connectivity index (χ0) is 9.14. The Hall–Kier alpha value is -0.560. The summed E-state index contributed by atoms with van der Waals surface area (Å²) >= 11 is 3.45. The van der Waals surface area contributed by atoms with Crippen molar-refractivity contribution in [2.75, 3.05) is 0 Å². The topological polar surface area (TPSA) is 0 Å². The molecule has 0 aliphatic rings. The number of hydrogen-bond donors (Lipinski definition) is 0. The third-order valence-electron chi connectivity index (χ3n) is 1.89. The van der Waals surface area contributed by atoms with E-state index in [1.54, 1.807) is 0 Å². The van der Waals surface area contributed by atoms with Gasteiger partial charge in [-0.15, -0.1) is 6.58 Å². The standard InChI is InChI=1S/C11H12Br/c1-4-8(2)10-5-6-11(12)9(3)7-10/h4-8H,1-2H2,3H3. The Morgan fingerprint density at radius 3 is 2.67 bits per heavy atom. The number of rotatable bonds is 2. The summed E-state index contributed by atoms with van der Waals surface area (Å²) in [6.45, 7) is 9.75. The first-order valence-corrected chi connectivity index (χ1v) is 4.66. The highest BCUT2D eigenvalue weighted by Crippen LogP contribution is 2.22. The van der Waals surface area contributed by atoms with Crippen LogP contribution in [0, 0.1) is 13.8 Å². The van der Waals surface area contributed by atoms with Gasteiger partial charge in [-0.1, -0.05) is 34.1 Å². The third kappa shape index (κ3) is 1.98. The van der Waals surface area contributed by atoms with Crippen LogP contribution in [0.5, 0.6) is 0 Å². The zero-order valence-corrected chi connectivity index (χ0v) is 8.76. The second-order valence-electron chi connectivity index (χ2n) is 2.85. The second kappa shape index (κ2) is 3.90. The van der Waals surface area contributed by atoms with Crippen LogP contribution in [-0.2, 0) is 0 Å². The van der Waals surface area contributed by atoms with Gasteiger partial charge in [0.1, 0.15) is 0 Å². The van der Waals surface area contributed by atoms with E-state index in [9.17, 15) is 0 Å². The highest BCUT2D eigenvalue weighted by molar-refractivity contribution is 9.10. The molecule has 0 aliphatic heterocycles. The normalized spacial score (nSPS) is 12.6. The van der Waals surface area contributed by atoms with Gasteiger partial charge in [0.25, 0.3) is 0 Å². The number of benzene rings is 1. The van der Waals surface area contributed by atoms with Crippen LogP contribution in [0.2, 0.25) is 0 Å². The van der Waals surface area contributed by atoms with E-state index < -0.39 is 0 Å². The maximum atomic E-state index is 3.96. The van der Waals surface area contributed by atoms with E-state index in [2.05, 4.69) is 48.5 Å². The molecule has 63 valence electrons. The molecule has 0 saturated carbocycles. The molecular formula is C11H12Br. The van der Waals surface area contributed by atoms with Crippen LogP contribution in [0.25, 0.3) is 0 Å². The predicted octanol–water partition coefficient (Wildman–Crippen LogP) is 3.86. The van der Waals surface area contributed by atoms with Crippen LogP contribution < -0.4 is 0 Å². The fraction of sp³-hybridized carbons (Fsp3) is 0.182. The maximum absolute atomic E-state index is 3.96. The number of hydrogen-bond acceptors (Lipinski definition) is 0.